The third kappa shape index (κ3) is 3.68. The molecule has 3 rings (SSSR count). The Morgan fingerprint density at radius 1 is 1.12 bits per heavy atom. The highest BCUT2D eigenvalue weighted by molar-refractivity contribution is 5.98. The van der Waals surface area contributed by atoms with Gasteiger partial charge in [-0.05, 0) is 48.4 Å². The Labute approximate surface area is 145 Å². The third-order valence-corrected chi connectivity index (χ3v) is 4.16. The molecule has 2 aromatic carbocycles. The summed E-state index contributed by atoms with van der Waals surface area (Å²) in [4.78, 5) is 36.8. The number of nitrogens with zero attached hydrogens (tertiary/aromatic N) is 1. The number of ketones is 1. The molecule has 3 amide bonds. The van der Waals surface area contributed by atoms with Crippen molar-refractivity contribution in [3.8, 4) is 0 Å². The molecule has 6 heteroatoms. The highest BCUT2D eigenvalue weighted by Gasteiger charge is 2.24. The maximum Gasteiger partial charge on any atom is 0.319 e. The van der Waals surface area contributed by atoms with E-state index in [4.69, 9.17) is 0 Å². The number of hydrogen-bond acceptors (Lipinski definition) is 3. The van der Waals surface area contributed by atoms with Crippen LogP contribution < -0.4 is 10.6 Å². The molecule has 6 nitrogen and oxygen atoms in total. The zero-order chi connectivity index (χ0) is 18.0. The first-order valence-electron chi connectivity index (χ1n) is 7.97. The second-order valence-corrected chi connectivity index (χ2v) is 6.09. The SMILES string of the molecule is CC(=O)c1ccc(NC(=O)NCc2ccc3c(c2)CN(C)C3=O)cc1. The molecule has 0 bridgehead atoms. The largest absolute Gasteiger partial charge is 0.337 e. The van der Waals surface area contributed by atoms with E-state index in [2.05, 4.69) is 10.6 Å². The fraction of sp³-hybridized carbons (Fsp3) is 0.211. The van der Waals surface area contributed by atoms with E-state index in [0.29, 0.717) is 24.3 Å². The molecule has 0 aromatic heterocycles. The van der Waals surface area contributed by atoms with E-state index in [-0.39, 0.29) is 17.7 Å². The van der Waals surface area contributed by atoms with E-state index in [9.17, 15) is 14.4 Å². The van der Waals surface area contributed by atoms with E-state index in [0.717, 1.165) is 16.7 Å². The average molecular weight is 337 g/mol. The summed E-state index contributed by atoms with van der Waals surface area (Å²) < 4.78 is 0. The first-order valence-corrected chi connectivity index (χ1v) is 7.97. The number of carbonyl (C=O) groups excluding carboxylic acids is 3. The minimum atomic E-state index is -0.329. The van der Waals surface area contributed by atoms with Crippen LogP contribution in [0.15, 0.2) is 42.5 Å². The summed E-state index contributed by atoms with van der Waals surface area (Å²) in [5, 5.41) is 5.50. The summed E-state index contributed by atoms with van der Waals surface area (Å²) in [6.07, 6.45) is 0. The summed E-state index contributed by atoms with van der Waals surface area (Å²) in [5.41, 5.74) is 3.85. The lowest BCUT2D eigenvalue weighted by Gasteiger charge is -2.09. The molecule has 0 atom stereocenters. The van der Waals surface area contributed by atoms with Gasteiger partial charge in [-0.3, -0.25) is 9.59 Å². The number of Topliss-reactive ketones (excluding diaryl/α,β-unsaturated/α-hetero) is 1. The quantitative estimate of drug-likeness (QED) is 0.842. The van der Waals surface area contributed by atoms with Crippen molar-refractivity contribution in [1.82, 2.24) is 10.2 Å². The molecule has 0 saturated heterocycles. The van der Waals surface area contributed by atoms with Gasteiger partial charge in [0.2, 0.25) is 0 Å². The standard InChI is InChI=1S/C19H19N3O3/c1-12(23)14-4-6-16(7-5-14)21-19(25)20-10-13-3-8-17-15(9-13)11-22(2)18(17)24/h3-9H,10-11H2,1-2H3,(H2,20,21,25). The molecule has 0 fully saturated rings. The number of amides is 3. The van der Waals surface area contributed by atoms with E-state index < -0.39 is 0 Å². The van der Waals surface area contributed by atoms with Crippen molar-refractivity contribution in [2.24, 2.45) is 0 Å². The van der Waals surface area contributed by atoms with Crippen LogP contribution in [0.1, 0.15) is 38.8 Å². The molecule has 1 aliphatic heterocycles. The minimum absolute atomic E-state index is 0.0169. The first-order chi connectivity index (χ1) is 11.9. The van der Waals surface area contributed by atoms with Gasteiger partial charge in [0.1, 0.15) is 0 Å². The van der Waals surface area contributed by atoms with Gasteiger partial charge in [0.05, 0.1) is 0 Å². The summed E-state index contributed by atoms with van der Waals surface area (Å²) in [6, 6.07) is 12.0. The van der Waals surface area contributed by atoms with Crippen molar-refractivity contribution in [2.75, 3.05) is 12.4 Å². The zero-order valence-electron chi connectivity index (χ0n) is 14.1. The highest BCUT2D eigenvalue weighted by atomic mass is 16.2. The maximum atomic E-state index is 12.0. The van der Waals surface area contributed by atoms with Crippen molar-refractivity contribution >= 4 is 23.4 Å². The van der Waals surface area contributed by atoms with Crippen LogP contribution in [-0.4, -0.2) is 29.7 Å². The molecular weight excluding hydrogens is 318 g/mol. The van der Waals surface area contributed by atoms with Gasteiger partial charge in [-0.2, -0.15) is 0 Å². The van der Waals surface area contributed by atoms with Crippen molar-refractivity contribution in [3.05, 3.63) is 64.7 Å². The fourth-order valence-electron chi connectivity index (χ4n) is 2.78. The Morgan fingerprint density at radius 2 is 1.84 bits per heavy atom. The van der Waals surface area contributed by atoms with Crippen LogP contribution in [0.2, 0.25) is 0 Å². The fourth-order valence-corrected chi connectivity index (χ4v) is 2.78. The number of fused-ring (bicyclic) bond motifs is 1. The average Bonchev–Trinajstić information content (AvgIpc) is 2.87. The van der Waals surface area contributed by atoms with E-state index in [1.54, 1.807) is 42.3 Å². The molecule has 0 radical (unpaired) electrons. The predicted octanol–water partition coefficient (Wildman–Crippen LogP) is 2.80. The third-order valence-electron chi connectivity index (χ3n) is 4.16. The van der Waals surface area contributed by atoms with Gasteiger partial charge in [-0.1, -0.05) is 12.1 Å². The minimum Gasteiger partial charge on any atom is -0.337 e. The van der Waals surface area contributed by atoms with E-state index in [1.807, 2.05) is 12.1 Å². The molecule has 0 unspecified atom stereocenters. The van der Waals surface area contributed by atoms with Crippen LogP contribution in [0, 0.1) is 0 Å². The van der Waals surface area contributed by atoms with Gasteiger partial charge in [-0.25, -0.2) is 4.79 Å². The Bertz CT molecular complexity index is 843. The summed E-state index contributed by atoms with van der Waals surface area (Å²) in [7, 11) is 1.77. The van der Waals surface area contributed by atoms with Gasteiger partial charge < -0.3 is 15.5 Å². The zero-order valence-corrected chi connectivity index (χ0v) is 14.1. The Kier molecular flexibility index (Phi) is 4.52. The van der Waals surface area contributed by atoms with Crippen LogP contribution in [-0.2, 0) is 13.1 Å². The number of urea groups is 1. The van der Waals surface area contributed by atoms with Crippen molar-refractivity contribution in [1.29, 1.82) is 0 Å². The van der Waals surface area contributed by atoms with Crippen LogP contribution in [0.5, 0.6) is 0 Å². The van der Waals surface area contributed by atoms with Gasteiger partial charge in [-0.15, -0.1) is 0 Å². The Morgan fingerprint density at radius 3 is 2.52 bits per heavy atom. The summed E-state index contributed by atoms with van der Waals surface area (Å²) >= 11 is 0. The predicted molar refractivity (Wildman–Crippen MR) is 94.5 cm³/mol. The summed E-state index contributed by atoms with van der Waals surface area (Å²) in [6.45, 7) is 2.45. The topological polar surface area (TPSA) is 78.5 Å². The van der Waals surface area contributed by atoms with Crippen LogP contribution in [0.25, 0.3) is 0 Å². The highest BCUT2D eigenvalue weighted by Crippen LogP contribution is 2.22. The van der Waals surface area contributed by atoms with Crippen LogP contribution in [0.4, 0.5) is 10.5 Å². The molecule has 2 aromatic rings. The Balaban J connectivity index is 1.57. The maximum absolute atomic E-state index is 12.0. The van der Waals surface area contributed by atoms with Gasteiger partial charge in [0.25, 0.3) is 5.91 Å². The lowest BCUT2D eigenvalue weighted by atomic mass is 10.1. The lowest BCUT2D eigenvalue weighted by Crippen LogP contribution is -2.28. The number of carbonyl (C=O) groups is 3. The smallest absolute Gasteiger partial charge is 0.319 e. The molecule has 25 heavy (non-hydrogen) atoms. The van der Waals surface area contributed by atoms with Gasteiger partial charge in [0, 0.05) is 37.0 Å². The number of anilines is 1. The second-order valence-electron chi connectivity index (χ2n) is 6.09. The van der Waals surface area contributed by atoms with Crippen LogP contribution >= 0.6 is 0 Å². The molecule has 1 heterocycles. The molecule has 0 saturated carbocycles. The van der Waals surface area contributed by atoms with E-state index in [1.165, 1.54) is 6.92 Å². The van der Waals surface area contributed by atoms with Gasteiger partial charge >= 0.3 is 6.03 Å². The molecule has 0 spiro atoms. The second kappa shape index (κ2) is 6.76. The molecule has 0 aliphatic carbocycles. The normalized spacial score (nSPS) is 12.7. The molecule has 128 valence electrons. The number of nitrogens with one attached hydrogen (secondary N) is 2. The number of hydrogen-bond donors (Lipinski definition) is 2. The molecule has 2 N–H and O–H groups in total. The van der Waals surface area contributed by atoms with E-state index >= 15 is 0 Å². The lowest BCUT2D eigenvalue weighted by molar-refractivity contribution is 0.0816. The number of rotatable bonds is 4. The number of benzene rings is 2. The van der Waals surface area contributed by atoms with Gasteiger partial charge in [0.15, 0.2) is 5.78 Å². The van der Waals surface area contributed by atoms with Crippen LogP contribution in [0.3, 0.4) is 0 Å². The van der Waals surface area contributed by atoms with Crippen molar-refractivity contribution in [2.45, 2.75) is 20.0 Å². The molecular formula is C19H19N3O3. The Hall–Kier alpha value is -3.15. The van der Waals surface area contributed by atoms with Crippen molar-refractivity contribution < 1.29 is 14.4 Å². The monoisotopic (exact) mass is 337 g/mol. The van der Waals surface area contributed by atoms with Crippen molar-refractivity contribution in [3.63, 3.8) is 0 Å². The molecule has 1 aliphatic rings. The summed E-state index contributed by atoms with van der Waals surface area (Å²) in [5.74, 6) is 0.0120. The first kappa shape index (κ1) is 16.7.